The van der Waals surface area contributed by atoms with Crippen molar-refractivity contribution in [1.29, 1.82) is 0 Å². The number of hydrogen-bond donors (Lipinski definition) is 1. The number of carboxylic acid groups (broad SMARTS) is 1. The number of aryl methyl sites for hydroxylation is 1. The van der Waals surface area contributed by atoms with E-state index in [9.17, 15) is 4.79 Å². The van der Waals surface area contributed by atoms with Crippen LogP contribution in [0.3, 0.4) is 0 Å². The fourth-order valence-corrected chi connectivity index (χ4v) is 3.35. The number of rotatable bonds is 6. The Morgan fingerprint density at radius 1 is 1.42 bits per heavy atom. The highest BCUT2D eigenvalue weighted by Gasteiger charge is 2.13. The van der Waals surface area contributed by atoms with Crippen LogP contribution in [0, 0.1) is 6.92 Å². The van der Waals surface area contributed by atoms with Crippen molar-refractivity contribution >= 4 is 29.1 Å². The highest BCUT2D eigenvalue weighted by Crippen LogP contribution is 2.27. The number of ether oxygens (including phenoxy) is 1. The molecule has 0 spiro atoms. The summed E-state index contributed by atoms with van der Waals surface area (Å²) in [6.45, 7) is 2.28. The van der Waals surface area contributed by atoms with Gasteiger partial charge in [0.25, 0.3) is 0 Å². The van der Waals surface area contributed by atoms with Gasteiger partial charge in [0.2, 0.25) is 0 Å². The molecule has 0 bridgehead atoms. The summed E-state index contributed by atoms with van der Waals surface area (Å²) in [6, 6.07) is 9.59. The van der Waals surface area contributed by atoms with Crippen molar-refractivity contribution in [3.8, 4) is 5.75 Å². The van der Waals surface area contributed by atoms with Crippen LogP contribution < -0.4 is 4.74 Å². The van der Waals surface area contributed by atoms with Crippen LogP contribution >= 0.6 is 23.1 Å². The van der Waals surface area contributed by atoms with Crippen LogP contribution in [-0.4, -0.2) is 28.4 Å². The highest BCUT2D eigenvalue weighted by atomic mass is 32.2. The summed E-state index contributed by atoms with van der Waals surface area (Å²) in [5, 5.41) is 8.94. The molecule has 0 radical (unpaired) electrons. The summed E-state index contributed by atoms with van der Waals surface area (Å²) in [7, 11) is 0. The molecule has 0 saturated heterocycles. The second-order valence-electron chi connectivity index (χ2n) is 3.71. The Bertz CT molecular complexity index is 554. The number of benzene rings is 1. The third-order valence-electron chi connectivity index (χ3n) is 2.29. The van der Waals surface area contributed by atoms with E-state index >= 15 is 0 Å². The van der Waals surface area contributed by atoms with Crippen LogP contribution in [0.15, 0.2) is 34.7 Å². The molecule has 1 aromatic carbocycles. The summed E-state index contributed by atoms with van der Waals surface area (Å²) in [5.74, 6) is 0.660. The first kappa shape index (κ1) is 13.9. The Morgan fingerprint density at radius 2 is 2.16 bits per heavy atom. The largest absolute Gasteiger partial charge is 0.493 e. The van der Waals surface area contributed by atoms with E-state index in [1.807, 2.05) is 30.3 Å². The Labute approximate surface area is 119 Å². The number of para-hydroxylation sites is 1. The maximum absolute atomic E-state index is 10.9. The molecule has 100 valence electrons. The molecule has 0 aliphatic heterocycles. The van der Waals surface area contributed by atoms with Gasteiger partial charge < -0.3 is 9.84 Å². The second-order valence-corrected chi connectivity index (χ2v) is 6.05. The lowest BCUT2D eigenvalue weighted by molar-refractivity contribution is 0.0701. The first-order valence-electron chi connectivity index (χ1n) is 5.68. The average molecular weight is 295 g/mol. The molecule has 0 aliphatic rings. The number of carbonyl (C=O) groups is 1. The number of aromatic nitrogens is 1. The Balaban J connectivity index is 1.80. The van der Waals surface area contributed by atoms with Crippen molar-refractivity contribution < 1.29 is 14.6 Å². The number of nitrogens with zero attached hydrogens (tertiary/aromatic N) is 1. The predicted molar refractivity (Wildman–Crippen MR) is 76.5 cm³/mol. The summed E-state index contributed by atoms with van der Waals surface area (Å²) < 4.78 is 6.32. The minimum Gasteiger partial charge on any atom is -0.493 e. The third kappa shape index (κ3) is 3.97. The smallest absolute Gasteiger partial charge is 0.347 e. The molecule has 0 amide bonds. The van der Waals surface area contributed by atoms with Crippen LogP contribution in [0.2, 0.25) is 0 Å². The third-order valence-corrected chi connectivity index (χ3v) is 4.54. The maximum atomic E-state index is 10.9. The van der Waals surface area contributed by atoms with Gasteiger partial charge in [-0.05, 0) is 19.1 Å². The number of thiazole rings is 1. The Morgan fingerprint density at radius 3 is 2.79 bits per heavy atom. The molecule has 0 saturated carbocycles. The van der Waals surface area contributed by atoms with Gasteiger partial charge in [0, 0.05) is 5.75 Å². The maximum Gasteiger partial charge on any atom is 0.347 e. The monoisotopic (exact) mass is 295 g/mol. The summed E-state index contributed by atoms with van der Waals surface area (Å²) in [4.78, 5) is 15.4. The van der Waals surface area contributed by atoms with Crippen LogP contribution in [0.5, 0.6) is 5.75 Å². The molecular formula is C13H13NO3S2. The van der Waals surface area contributed by atoms with Gasteiger partial charge in [0.05, 0.1) is 12.3 Å². The number of hydrogen-bond acceptors (Lipinski definition) is 5. The molecule has 0 unspecified atom stereocenters. The number of carboxylic acids is 1. The zero-order valence-corrected chi connectivity index (χ0v) is 12.0. The summed E-state index contributed by atoms with van der Waals surface area (Å²) in [6.07, 6.45) is 0. The fraction of sp³-hybridized carbons (Fsp3) is 0.231. The minimum absolute atomic E-state index is 0.312. The topological polar surface area (TPSA) is 59.4 Å². The quantitative estimate of drug-likeness (QED) is 0.654. The lowest BCUT2D eigenvalue weighted by Crippen LogP contribution is -1.99. The molecule has 1 N–H and O–H groups in total. The van der Waals surface area contributed by atoms with Crippen molar-refractivity contribution in [1.82, 2.24) is 4.98 Å². The predicted octanol–water partition coefficient (Wildman–Crippen LogP) is 3.32. The molecule has 0 fully saturated rings. The highest BCUT2D eigenvalue weighted by molar-refractivity contribution is 8.01. The van der Waals surface area contributed by atoms with Gasteiger partial charge in [-0.1, -0.05) is 30.0 Å². The molecule has 0 aliphatic carbocycles. The molecule has 0 atom stereocenters. The van der Waals surface area contributed by atoms with Gasteiger partial charge in [0.1, 0.15) is 10.6 Å². The molecule has 6 heteroatoms. The molecule has 4 nitrogen and oxygen atoms in total. The van der Waals surface area contributed by atoms with Gasteiger partial charge in [-0.15, -0.1) is 11.3 Å². The average Bonchev–Trinajstić information content (AvgIpc) is 2.77. The Kier molecular flexibility index (Phi) is 4.81. The standard InChI is InChI=1S/C13H13NO3S2/c1-9-11(12(15)16)19-13(14-9)18-8-7-17-10-5-3-2-4-6-10/h2-6H,7-8H2,1H3,(H,15,16). The second kappa shape index (κ2) is 6.58. The SMILES string of the molecule is Cc1nc(SCCOc2ccccc2)sc1C(=O)O. The van der Waals surface area contributed by atoms with Gasteiger partial charge >= 0.3 is 5.97 Å². The van der Waals surface area contributed by atoms with Gasteiger partial charge in [-0.25, -0.2) is 9.78 Å². The van der Waals surface area contributed by atoms with E-state index in [2.05, 4.69) is 4.98 Å². The van der Waals surface area contributed by atoms with E-state index in [0.29, 0.717) is 17.2 Å². The molecule has 1 aromatic heterocycles. The van der Waals surface area contributed by atoms with Crippen molar-refractivity contribution in [3.63, 3.8) is 0 Å². The van der Waals surface area contributed by atoms with Crippen molar-refractivity contribution in [2.75, 3.05) is 12.4 Å². The molecule has 1 heterocycles. The molecule has 19 heavy (non-hydrogen) atoms. The zero-order valence-electron chi connectivity index (χ0n) is 10.3. The van der Waals surface area contributed by atoms with Crippen LogP contribution in [-0.2, 0) is 0 Å². The van der Waals surface area contributed by atoms with Gasteiger partial charge in [0.15, 0.2) is 4.34 Å². The lowest BCUT2D eigenvalue weighted by Gasteiger charge is -2.03. The first-order chi connectivity index (χ1) is 9.16. The van der Waals surface area contributed by atoms with Crippen molar-refractivity contribution in [2.24, 2.45) is 0 Å². The van der Waals surface area contributed by atoms with Crippen molar-refractivity contribution in [2.45, 2.75) is 11.3 Å². The summed E-state index contributed by atoms with van der Waals surface area (Å²) >= 11 is 2.72. The number of aromatic carboxylic acids is 1. The van der Waals surface area contributed by atoms with Gasteiger partial charge in [-0.3, -0.25) is 0 Å². The van der Waals surface area contributed by atoms with Crippen LogP contribution in [0.1, 0.15) is 15.4 Å². The number of thioether (sulfide) groups is 1. The summed E-state index contributed by atoms with van der Waals surface area (Å²) in [5.41, 5.74) is 0.573. The van der Waals surface area contributed by atoms with Gasteiger partial charge in [-0.2, -0.15) is 0 Å². The minimum atomic E-state index is -0.914. The van der Waals surface area contributed by atoms with Crippen molar-refractivity contribution in [3.05, 3.63) is 40.9 Å². The van der Waals surface area contributed by atoms with Crippen LogP contribution in [0.4, 0.5) is 0 Å². The Hall–Kier alpha value is -1.53. The van der Waals surface area contributed by atoms with E-state index in [1.165, 1.54) is 23.1 Å². The van der Waals surface area contributed by atoms with E-state index in [4.69, 9.17) is 9.84 Å². The van der Waals surface area contributed by atoms with E-state index in [0.717, 1.165) is 15.8 Å². The van der Waals surface area contributed by atoms with E-state index < -0.39 is 5.97 Å². The molecular weight excluding hydrogens is 282 g/mol. The first-order valence-corrected chi connectivity index (χ1v) is 7.48. The zero-order chi connectivity index (χ0) is 13.7. The van der Waals surface area contributed by atoms with E-state index in [-0.39, 0.29) is 0 Å². The normalized spacial score (nSPS) is 10.4. The van der Waals surface area contributed by atoms with E-state index in [1.54, 1.807) is 6.92 Å². The lowest BCUT2D eigenvalue weighted by atomic mass is 10.3. The fourth-order valence-electron chi connectivity index (χ4n) is 1.44. The van der Waals surface area contributed by atoms with Crippen LogP contribution in [0.25, 0.3) is 0 Å². The molecule has 2 aromatic rings. The molecule has 2 rings (SSSR count).